The van der Waals surface area contributed by atoms with E-state index in [1.165, 1.54) is 11.8 Å². The number of hydrogen-bond donors (Lipinski definition) is 2. The van der Waals surface area contributed by atoms with Crippen LogP contribution in [-0.2, 0) is 9.59 Å². The van der Waals surface area contributed by atoms with E-state index in [0.29, 0.717) is 30.0 Å². The van der Waals surface area contributed by atoms with Crippen molar-refractivity contribution in [1.82, 2.24) is 10.2 Å². The lowest BCUT2D eigenvalue weighted by atomic mass is 10.1. The zero-order valence-electron chi connectivity index (χ0n) is 14.7. The Labute approximate surface area is 165 Å². The predicted molar refractivity (Wildman–Crippen MR) is 108 cm³/mol. The first-order chi connectivity index (χ1) is 13.1. The lowest BCUT2D eigenvalue weighted by molar-refractivity contribution is -0.122. The van der Waals surface area contributed by atoms with Crippen molar-refractivity contribution in [3.63, 3.8) is 0 Å². The number of rotatable bonds is 4. The van der Waals surface area contributed by atoms with Crippen molar-refractivity contribution in [1.29, 1.82) is 0 Å². The highest BCUT2D eigenvalue weighted by molar-refractivity contribution is 7.99. The van der Waals surface area contributed by atoms with Gasteiger partial charge >= 0.3 is 0 Å². The number of carbonyl (C=O) groups is 3. The molecule has 27 heavy (non-hydrogen) atoms. The molecule has 0 saturated carbocycles. The van der Waals surface area contributed by atoms with Gasteiger partial charge in [0.05, 0.1) is 23.0 Å². The molecule has 4 rings (SSSR count). The Morgan fingerprint density at radius 1 is 1.37 bits per heavy atom. The molecule has 1 saturated heterocycles. The molecule has 140 valence electrons. The van der Waals surface area contributed by atoms with Crippen LogP contribution in [0.3, 0.4) is 0 Å². The molecular weight excluding hydrogens is 382 g/mol. The van der Waals surface area contributed by atoms with Crippen LogP contribution in [0.25, 0.3) is 10.4 Å². The second-order valence-corrected chi connectivity index (χ2v) is 8.38. The van der Waals surface area contributed by atoms with Gasteiger partial charge in [-0.25, -0.2) is 0 Å². The fourth-order valence-corrected chi connectivity index (χ4v) is 4.73. The molecule has 2 aromatic rings. The van der Waals surface area contributed by atoms with Crippen molar-refractivity contribution in [2.75, 3.05) is 23.9 Å². The topological polar surface area (TPSA) is 78.5 Å². The van der Waals surface area contributed by atoms with Crippen molar-refractivity contribution in [2.45, 2.75) is 18.5 Å². The highest BCUT2D eigenvalue weighted by atomic mass is 32.2. The maximum atomic E-state index is 13.2. The minimum atomic E-state index is -0.680. The molecule has 6 nitrogen and oxygen atoms in total. The summed E-state index contributed by atoms with van der Waals surface area (Å²) in [6, 6.07) is 8.46. The number of benzene rings is 1. The summed E-state index contributed by atoms with van der Waals surface area (Å²) < 4.78 is 0. The van der Waals surface area contributed by atoms with Crippen LogP contribution in [0.5, 0.6) is 0 Å². The van der Waals surface area contributed by atoms with E-state index < -0.39 is 6.04 Å². The summed E-state index contributed by atoms with van der Waals surface area (Å²) in [6.45, 7) is 0.448. The molecular formula is C19H19N3O3S2. The Balaban J connectivity index is 1.64. The Kier molecular flexibility index (Phi) is 4.92. The van der Waals surface area contributed by atoms with E-state index >= 15 is 0 Å². The number of nitrogens with one attached hydrogen (secondary N) is 2. The number of nitrogens with zero attached hydrogens (tertiary/aromatic N) is 1. The zero-order valence-corrected chi connectivity index (χ0v) is 16.4. The van der Waals surface area contributed by atoms with Crippen LogP contribution in [-0.4, -0.2) is 53.3 Å². The molecule has 3 heterocycles. The molecule has 3 amide bonds. The van der Waals surface area contributed by atoms with Crippen molar-refractivity contribution in [2.24, 2.45) is 0 Å². The highest BCUT2D eigenvalue weighted by Gasteiger charge is 2.45. The van der Waals surface area contributed by atoms with Crippen LogP contribution in [0.15, 0.2) is 35.7 Å². The van der Waals surface area contributed by atoms with Gasteiger partial charge in [0.1, 0.15) is 6.04 Å². The molecule has 2 aliphatic rings. The monoisotopic (exact) mass is 401 g/mol. The van der Waals surface area contributed by atoms with Crippen molar-refractivity contribution < 1.29 is 14.4 Å². The Hall–Kier alpha value is -2.32. The third-order valence-corrected chi connectivity index (χ3v) is 6.33. The molecule has 2 N–H and O–H groups in total. The Morgan fingerprint density at radius 2 is 2.22 bits per heavy atom. The second kappa shape index (κ2) is 7.36. The van der Waals surface area contributed by atoms with Crippen LogP contribution in [0.4, 0.5) is 5.69 Å². The third-order valence-electron chi connectivity index (χ3n) is 4.86. The van der Waals surface area contributed by atoms with Crippen molar-refractivity contribution >= 4 is 46.5 Å². The normalized spacial score (nSPS) is 21.3. The molecule has 0 bridgehead atoms. The van der Waals surface area contributed by atoms with Gasteiger partial charge in [-0.3, -0.25) is 14.4 Å². The van der Waals surface area contributed by atoms with Crippen molar-refractivity contribution in [3.8, 4) is 10.4 Å². The average Bonchev–Trinajstić information content (AvgIpc) is 3.29. The smallest absolute Gasteiger partial charge is 0.256 e. The fraction of sp³-hybridized carbons (Fsp3) is 0.316. The summed E-state index contributed by atoms with van der Waals surface area (Å²) >= 11 is 3.03. The minimum Gasteiger partial charge on any atom is -0.350 e. The zero-order chi connectivity index (χ0) is 19.0. The van der Waals surface area contributed by atoms with Crippen LogP contribution in [0.1, 0.15) is 16.8 Å². The molecule has 1 fully saturated rings. The SMILES string of the molecule is CSCC(=O)NC1CCN2C(=O)c3cc(-c4cccs4)ccc3NC(=O)C12. The fourth-order valence-electron chi connectivity index (χ4n) is 3.66. The second-order valence-electron chi connectivity index (χ2n) is 6.57. The highest BCUT2D eigenvalue weighted by Crippen LogP contribution is 2.33. The molecule has 2 atom stereocenters. The predicted octanol–water partition coefficient (Wildman–Crippen LogP) is 2.43. The van der Waals surface area contributed by atoms with Gasteiger partial charge in [0.2, 0.25) is 11.8 Å². The maximum absolute atomic E-state index is 13.2. The minimum absolute atomic E-state index is 0.114. The van der Waals surface area contributed by atoms with Gasteiger partial charge in [-0.05, 0) is 41.8 Å². The van der Waals surface area contributed by atoms with E-state index in [1.54, 1.807) is 22.3 Å². The lowest BCUT2D eigenvalue weighted by Crippen LogP contribution is -2.51. The van der Waals surface area contributed by atoms with Gasteiger partial charge in [0, 0.05) is 11.4 Å². The van der Waals surface area contributed by atoms with Gasteiger partial charge in [-0.1, -0.05) is 12.1 Å². The Bertz CT molecular complexity index is 898. The first kappa shape index (κ1) is 18.1. The van der Waals surface area contributed by atoms with Gasteiger partial charge in [-0.2, -0.15) is 11.8 Å². The van der Waals surface area contributed by atoms with E-state index in [9.17, 15) is 14.4 Å². The first-order valence-electron chi connectivity index (χ1n) is 8.66. The van der Waals surface area contributed by atoms with Crippen LogP contribution in [0, 0.1) is 0 Å². The van der Waals surface area contributed by atoms with Gasteiger partial charge in [0.25, 0.3) is 5.91 Å². The molecule has 0 radical (unpaired) electrons. The quantitative estimate of drug-likeness (QED) is 0.825. The summed E-state index contributed by atoms with van der Waals surface area (Å²) in [5.74, 6) is -0.203. The van der Waals surface area contributed by atoms with Gasteiger partial charge in [-0.15, -0.1) is 11.3 Å². The van der Waals surface area contributed by atoms with E-state index in [-0.39, 0.29) is 23.8 Å². The van der Waals surface area contributed by atoms with E-state index in [4.69, 9.17) is 0 Å². The van der Waals surface area contributed by atoms with Crippen molar-refractivity contribution in [3.05, 3.63) is 41.3 Å². The number of fused-ring (bicyclic) bond motifs is 2. The van der Waals surface area contributed by atoms with E-state index in [2.05, 4.69) is 10.6 Å². The standard InChI is InChI=1S/C19H19N3O3S2/c1-26-10-16(23)20-14-6-7-22-17(14)18(24)21-13-5-4-11(9-12(13)19(22)25)15-3-2-8-27-15/h2-5,8-9,14,17H,6-7,10H2,1H3,(H,20,23)(H,21,24). The number of amides is 3. The Morgan fingerprint density at radius 3 is 2.96 bits per heavy atom. The maximum Gasteiger partial charge on any atom is 0.256 e. The number of hydrogen-bond acceptors (Lipinski definition) is 5. The van der Waals surface area contributed by atoms with Crippen LogP contribution >= 0.6 is 23.1 Å². The van der Waals surface area contributed by atoms with Gasteiger partial charge in [0.15, 0.2) is 0 Å². The summed E-state index contributed by atoms with van der Waals surface area (Å²) in [4.78, 5) is 40.6. The van der Waals surface area contributed by atoms with E-state index in [1.807, 2.05) is 35.9 Å². The molecule has 1 aromatic heterocycles. The lowest BCUT2D eigenvalue weighted by Gasteiger charge is -2.24. The van der Waals surface area contributed by atoms with Gasteiger partial charge < -0.3 is 15.5 Å². The van der Waals surface area contributed by atoms with Crippen LogP contribution in [0.2, 0.25) is 0 Å². The molecule has 8 heteroatoms. The number of thioether (sulfide) groups is 1. The van der Waals surface area contributed by atoms with E-state index in [0.717, 1.165) is 10.4 Å². The molecule has 1 aromatic carbocycles. The third kappa shape index (κ3) is 3.35. The average molecular weight is 402 g/mol. The molecule has 0 aliphatic carbocycles. The van der Waals surface area contributed by atoms with Crippen LogP contribution < -0.4 is 10.6 Å². The first-order valence-corrected chi connectivity index (χ1v) is 10.9. The number of anilines is 1. The number of thiophene rings is 1. The summed E-state index contributed by atoms with van der Waals surface area (Å²) in [7, 11) is 0. The molecule has 2 aliphatic heterocycles. The summed E-state index contributed by atoms with van der Waals surface area (Å²) in [5.41, 5.74) is 1.97. The largest absolute Gasteiger partial charge is 0.350 e. The summed E-state index contributed by atoms with van der Waals surface area (Å²) in [6.07, 6.45) is 2.42. The molecule has 2 unspecified atom stereocenters. The molecule has 0 spiro atoms. The summed E-state index contributed by atoms with van der Waals surface area (Å²) in [5, 5.41) is 7.77. The number of carbonyl (C=O) groups excluding carboxylic acids is 3.